The summed E-state index contributed by atoms with van der Waals surface area (Å²) in [5.74, 6) is 0.619. The summed E-state index contributed by atoms with van der Waals surface area (Å²) < 4.78 is 7.75. The quantitative estimate of drug-likeness (QED) is 0.495. The molecular weight excluding hydrogens is 472 g/mol. The summed E-state index contributed by atoms with van der Waals surface area (Å²) >= 11 is 1.71. The normalized spacial score (nSPS) is 21.7. The predicted octanol–water partition coefficient (Wildman–Crippen LogP) is 3.63. The van der Waals surface area contributed by atoms with Crippen molar-refractivity contribution in [3.05, 3.63) is 72.1 Å². The van der Waals surface area contributed by atoms with E-state index >= 15 is 0 Å². The molecule has 6 rings (SSSR count). The Hall–Kier alpha value is -3.46. The molecule has 1 aromatic heterocycles. The van der Waals surface area contributed by atoms with Gasteiger partial charge >= 0.3 is 0 Å². The molecule has 2 aromatic carbocycles. The second-order valence-electron chi connectivity index (χ2n) is 9.24. The SMILES string of the molecule is NCCC(=O)Nc1ccc(C2=CC=CC3C(=O)C=C(N4CCOCC4)NC23)c2sc3ccccc3c12. The molecule has 0 saturated carbocycles. The lowest BCUT2D eigenvalue weighted by molar-refractivity contribution is -0.118. The lowest BCUT2D eigenvalue weighted by atomic mass is 9.80. The van der Waals surface area contributed by atoms with Gasteiger partial charge in [0.05, 0.1) is 30.9 Å². The first-order valence-electron chi connectivity index (χ1n) is 12.3. The van der Waals surface area contributed by atoms with E-state index in [1.165, 1.54) is 0 Å². The van der Waals surface area contributed by atoms with Crippen LogP contribution in [0.5, 0.6) is 0 Å². The first-order chi connectivity index (χ1) is 17.6. The van der Waals surface area contributed by atoms with Gasteiger partial charge in [-0.2, -0.15) is 0 Å². The number of amides is 1. The number of anilines is 1. The smallest absolute Gasteiger partial charge is 0.225 e. The van der Waals surface area contributed by atoms with Crippen LogP contribution in [-0.2, 0) is 14.3 Å². The Morgan fingerprint density at radius 1 is 1.19 bits per heavy atom. The van der Waals surface area contributed by atoms with Crippen LogP contribution in [0.3, 0.4) is 0 Å². The number of nitrogens with two attached hydrogens (primary N) is 1. The lowest BCUT2D eigenvalue weighted by Gasteiger charge is -2.39. The molecule has 2 aliphatic heterocycles. The van der Waals surface area contributed by atoms with E-state index in [-0.39, 0.29) is 30.1 Å². The zero-order valence-electron chi connectivity index (χ0n) is 19.8. The third-order valence-corrected chi connectivity index (χ3v) is 8.24. The summed E-state index contributed by atoms with van der Waals surface area (Å²) in [6.07, 6.45) is 8.09. The van der Waals surface area contributed by atoms with Gasteiger partial charge in [-0.15, -0.1) is 11.3 Å². The highest BCUT2D eigenvalue weighted by atomic mass is 32.1. The molecule has 2 unspecified atom stereocenters. The van der Waals surface area contributed by atoms with Gasteiger partial charge < -0.3 is 26.0 Å². The van der Waals surface area contributed by atoms with E-state index in [1.54, 1.807) is 17.4 Å². The van der Waals surface area contributed by atoms with Gasteiger partial charge in [-0.25, -0.2) is 0 Å². The fourth-order valence-corrected chi connectivity index (χ4v) is 6.56. The number of hydrogen-bond acceptors (Lipinski definition) is 7. The van der Waals surface area contributed by atoms with E-state index in [4.69, 9.17) is 10.5 Å². The monoisotopic (exact) mass is 500 g/mol. The number of morpholine rings is 1. The number of ketones is 1. The minimum absolute atomic E-state index is 0.0958. The molecule has 0 bridgehead atoms. The molecule has 184 valence electrons. The summed E-state index contributed by atoms with van der Waals surface area (Å²) in [4.78, 5) is 27.8. The van der Waals surface area contributed by atoms with Crippen molar-refractivity contribution in [1.29, 1.82) is 0 Å². The van der Waals surface area contributed by atoms with Gasteiger partial charge in [0.25, 0.3) is 0 Å². The third-order valence-electron chi connectivity index (χ3n) is 7.03. The molecule has 3 aromatic rings. The van der Waals surface area contributed by atoms with Gasteiger partial charge in [0, 0.05) is 52.3 Å². The Balaban J connectivity index is 1.44. The number of ether oxygens (including phenoxy) is 1. The van der Waals surface area contributed by atoms with Crippen molar-refractivity contribution in [2.45, 2.75) is 12.5 Å². The van der Waals surface area contributed by atoms with E-state index in [9.17, 15) is 9.59 Å². The topological polar surface area (TPSA) is 96.7 Å². The predicted molar refractivity (Wildman–Crippen MR) is 145 cm³/mol. The van der Waals surface area contributed by atoms with Gasteiger partial charge in [0.15, 0.2) is 5.78 Å². The van der Waals surface area contributed by atoms with Gasteiger partial charge in [0.1, 0.15) is 5.82 Å². The number of thiophene rings is 1. The largest absolute Gasteiger partial charge is 0.378 e. The van der Waals surface area contributed by atoms with E-state index in [0.717, 1.165) is 55.9 Å². The van der Waals surface area contributed by atoms with Crippen LogP contribution in [0.2, 0.25) is 0 Å². The van der Waals surface area contributed by atoms with Crippen molar-refractivity contribution in [1.82, 2.24) is 10.2 Å². The lowest BCUT2D eigenvalue weighted by Crippen LogP contribution is -2.50. The Morgan fingerprint density at radius 3 is 2.86 bits per heavy atom. The summed E-state index contributed by atoms with van der Waals surface area (Å²) in [5, 5.41) is 8.87. The van der Waals surface area contributed by atoms with Crippen molar-refractivity contribution < 1.29 is 14.3 Å². The first-order valence-corrected chi connectivity index (χ1v) is 13.1. The molecule has 2 atom stereocenters. The number of benzene rings is 2. The molecule has 36 heavy (non-hydrogen) atoms. The standard InChI is InChI=1S/C28H28N4O3S/c29-11-10-25(34)30-21-9-8-18(28-26(21)20-4-1-2-7-23(20)36-28)17-5-3-6-19-22(33)16-24(31-27(17)19)32-12-14-35-15-13-32/h1-9,16,19,27,31H,10-15,29H2,(H,30,34). The number of carbonyl (C=O) groups is 2. The molecule has 4 N–H and O–H groups in total. The van der Waals surface area contributed by atoms with Crippen molar-refractivity contribution in [3.8, 4) is 0 Å². The highest BCUT2D eigenvalue weighted by molar-refractivity contribution is 7.26. The molecule has 0 spiro atoms. The maximum atomic E-state index is 13.2. The van der Waals surface area contributed by atoms with E-state index < -0.39 is 0 Å². The van der Waals surface area contributed by atoms with Crippen molar-refractivity contribution in [3.63, 3.8) is 0 Å². The minimum Gasteiger partial charge on any atom is -0.378 e. The van der Waals surface area contributed by atoms with Crippen LogP contribution in [0.25, 0.3) is 25.7 Å². The number of hydrogen-bond donors (Lipinski definition) is 3. The Bertz CT molecular complexity index is 1450. The molecular formula is C28H28N4O3S. The van der Waals surface area contributed by atoms with E-state index in [1.807, 2.05) is 30.4 Å². The number of allylic oxidation sites excluding steroid dienone is 3. The molecule has 3 aliphatic rings. The first kappa shape index (κ1) is 23.0. The zero-order valence-corrected chi connectivity index (χ0v) is 20.6. The maximum Gasteiger partial charge on any atom is 0.225 e. The number of nitrogens with zero attached hydrogens (tertiary/aromatic N) is 1. The molecule has 1 amide bonds. The van der Waals surface area contributed by atoms with E-state index in [0.29, 0.717) is 19.8 Å². The number of fused-ring (bicyclic) bond motifs is 4. The number of rotatable bonds is 5. The molecule has 1 aliphatic carbocycles. The molecule has 3 heterocycles. The number of nitrogens with one attached hydrogen (secondary N) is 2. The zero-order chi connectivity index (χ0) is 24.6. The average molecular weight is 501 g/mol. The Kier molecular flexibility index (Phi) is 6.08. The minimum atomic E-state index is -0.261. The molecule has 0 radical (unpaired) electrons. The summed E-state index contributed by atoms with van der Waals surface area (Å²) in [6, 6.07) is 12.1. The fourth-order valence-electron chi connectivity index (χ4n) is 5.29. The van der Waals surface area contributed by atoms with Crippen LogP contribution >= 0.6 is 11.3 Å². The van der Waals surface area contributed by atoms with Crippen LogP contribution in [0.1, 0.15) is 12.0 Å². The third kappa shape index (κ3) is 4.01. The Labute approximate surface area is 213 Å². The maximum absolute atomic E-state index is 13.2. The van der Waals surface area contributed by atoms with Crippen molar-refractivity contribution >= 4 is 54.5 Å². The second-order valence-corrected chi connectivity index (χ2v) is 10.3. The molecule has 7 nitrogen and oxygen atoms in total. The van der Waals surface area contributed by atoms with Crippen LogP contribution in [-0.4, -0.2) is 55.5 Å². The van der Waals surface area contributed by atoms with Gasteiger partial charge in [-0.3, -0.25) is 9.59 Å². The molecule has 1 saturated heterocycles. The summed E-state index contributed by atoms with van der Waals surface area (Å²) in [5.41, 5.74) is 8.54. The molecule has 1 fully saturated rings. The van der Waals surface area contributed by atoms with Crippen molar-refractivity contribution in [2.24, 2.45) is 11.7 Å². The van der Waals surface area contributed by atoms with Crippen LogP contribution < -0.4 is 16.4 Å². The van der Waals surface area contributed by atoms with Crippen LogP contribution in [0.15, 0.2) is 66.5 Å². The van der Waals surface area contributed by atoms with Crippen LogP contribution in [0.4, 0.5) is 5.69 Å². The number of carbonyl (C=O) groups excluding carboxylic acids is 2. The van der Waals surface area contributed by atoms with E-state index in [2.05, 4.69) is 39.8 Å². The highest BCUT2D eigenvalue weighted by Gasteiger charge is 2.36. The van der Waals surface area contributed by atoms with Crippen LogP contribution in [0, 0.1) is 5.92 Å². The fraction of sp³-hybridized carbons (Fsp3) is 0.286. The van der Waals surface area contributed by atoms with Gasteiger partial charge in [-0.1, -0.05) is 42.5 Å². The summed E-state index contributed by atoms with van der Waals surface area (Å²) in [7, 11) is 0. The average Bonchev–Trinajstić information content (AvgIpc) is 3.29. The Morgan fingerprint density at radius 2 is 2.03 bits per heavy atom. The van der Waals surface area contributed by atoms with Gasteiger partial charge in [0.2, 0.25) is 5.91 Å². The second kappa shape index (κ2) is 9.54. The highest BCUT2D eigenvalue weighted by Crippen LogP contribution is 2.44. The molecule has 8 heteroatoms. The summed E-state index contributed by atoms with van der Waals surface area (Å²) in [6.45, 7) is 3.14. The van der Waals surface area contributed by atoms with Crippen molar-refractivity contribution in [2.75, 3.05) is 38.2 Å². The van der Waals surface area contributed by atoms with Gasteiger partial charge in [-0.05, 0) is 23.3 Å².